The lowest BCUT2D eigenvalue weighted by Gasteiger charge is -2.36. The number of hydrogen-bond acceptors (Lipinski definition) is 3. The van der Waals surface area contributed by atoms with Crippen LogP contribution in [0.3, 0.4) is 0 Å². The fourth-order valence-electron chi connectivity index (χ4n) is 1.81. The number of piperidine rings is 1. The first kappa shape index (κ1) is 11.3. The monoisotopic (exact) mass is 202 g/mol. The number of ether oxygens (including phenoxy) is 1. The van der Waals surface area contributed by atoms with Crippen LogP contribution < -0.4 is 5.73 Å². The number of hydrogen-bond donors (Lipinski definition) is 2. The molecule has 1 aliphatic rings. The second-order valence-corrected chi connectivity index (χ2v) is 3.51. The first-order chi connectivity index (χ1) is 6.69. The summed E-state index contributed by atoms with van der Waals surface area (Å²) in [5, 5.41) is 8.82. The Labute approximate surface area is 83.8 Å². The molecular formula is C9H18N2O3. The molecular weight excluding hydrogens is 184 g/mol. The first-order valence-electron chi connectivity index (χ1n) is 4.98. The molecule has 0 aromatic heterocycles. The van der Waals surface area contributed by atoms with Gasteiger partial charge < -0.3 is 20.5 Å². The fraction of sp³-hybridized carbons (Fsp3) is 0.889. The zero-order valence-corrected chi connectivity index (χ0v) is 8.48. The number of carbonyl (C=O) groups is 1. The van der Waals surface area contributed by atoms with Crippen LogP contribution in [-0.2, 0) is 4.74 Å². The summed E-state index contributed by atoms with van der Waals surface area (Å²) in [6.07, 6.45) is -0.104. The van der Waals surface area contributed by atoms with E-state index in [9.17, 15) is 4.79 Å². The Bertz CT molecular complexity index is 198. The van der Waals surface area contributed by atoms with Crippen molar-refractivity contribution in [1.29, 1.82) is 0 Å². The quantitative estimate of drug-likeness (QED) is 0.692. The highest BCUT2D eigenvalue weighted by atomic mass is 16.5. The molecule has 2 atom stereocenters. The number of likely N-dealkylation sites (tertiary alicyclic amines) is 1. The molecule has 0 aromatic rings. The van der Waals surface area contributed by atoms with Gasteiger partial charge in [-0.15, -0.1) is 0 Å². The first-order valence-corrected chi connectivity index (χ1v) is 4.98. The Kier molecular flexibility index (Phi) is 4.16. The summed E-state index contributed by atoms with van der Waals surface area (Å²) < 4.78 is 5.48. The molecule has 1 fully saturated rings. The Morgan fingerprint density at radius 1 is 1.71 bits per heavy atom. The van der Waals surface area contributed by atoms with E-state index in [0.717, 1.165) is 6.42 Å². The van der Waals surface area contributed by atoms with Gasteiger partial charge in [-0.1, -0.05) is 0 Å². The summed E-state index contributed by atoms with van der Waals surface area (Å²) in [7, 11) is 0. The van der Waals surface area contributed by atoms with E-state index in [1.807, 2.05) is 6.92 Å². The molecule has 0 bridgehead atoms. The van der Waals surface area contributed by atoms with Crippen LogP contribution in [-0.4, -0.2) is 48.4 Å². The number of amides is 1. The van der Waals surface area contributed by atoms with Gasteiger partial charge in [-0.05, 0) is 19.9 Å². The Morgan fingerprint density at radius 3 is 2.93 bits per heavy atom. The summed E-state index contributed by atoms with van der Waals surface area (Å²) in [5.74, 6) is 0.297. The average molecular weight is 202 g/mol. The Morgan fingerprint density at radius 2 is 2.43 bits per heavy atom. The Balaban J connectivity index is 2.52. The summed E-state index contributed by atoms with van der Waals surface area (Å²) in [5.41, 5.74) is 5.60. The molecule has 1 heterocycles. The van der Waals surface area contributed by atoms with Crippen LogP contribution in [0.4, 0.5) is 4.79 Å². The topological polar surface area (TPSA) is 75.8 Å². The van der Waals surface area contributed by atoms with Crippen LogP contribution in [0.1, 0.15) is 13.3 Å². The number of nitrogens with two attached hydrogens (primary N) is 1. The SMILES string of the molecule is CCO[C@@H]1CN(C(=O)O)CC[C@H]1CN. The maximum absolute atomic E-state index is 10.7. The van der Waals surface area contributed by atoms with Crippen molar-refractivity contribution < 1.29 is 14.6 Å². The summed E-state index contributed by atoms with van der Waals surface area (Å²) in [6.45, 7) is 4.10. The fourth-order valence-corrected chi connectivity index (χ4v) is 1.81. The van der Waals surface area contributed by atoms with Gasteiger partial charge in [-0.3, -0.25) is 0 Å². The van der Waals surface area contributed by atoms with E-state index < -0.39 is 6.09 Å². The van der Waals surface area contributed by atoms with E-state index in [1.54, 1.807) is 0 Å². The predicted molar refractivity (Wildman–Crippen MR) is 52.2 cm³/mol. The van der Waals surface area contributed by atoms with Crippen LogP contribution in [0.2, 0.25) is 0 Å². The summed E-state index contributed by atoms with van der Waals surface area (Å²) in [6, 6.07) is 0. The number of carboxylic acid groups (broad SMARTS) is 1. The molecule has 0 saturated carbocycles. The minimum Gasteiger partial charge on any atom is -0.465 e. The zero-order chi connectivity index (χ0) is 10.6. The lowest BCUT2D eigenvalue weighted by Crippen LogP contribution is -2.49. The van der Waals surface area contributed by atoms with Gasteiger partial charge in [-0.2, -0.15) is 0 Å². The minimum absolute atomic E-state index is 0.0325. The van der Waals surface area contributed by atoms with Gasteiger partial charge >= 0.3 is 6.09 Å². The molecule has 82 valence electrons. The minimum atomic E-state index is -0.870. The molecule has 0 spiro atoms. The molecule has 0 aliphatic carbocycles. The lowest BCUT2D eigenvalue weighted by atomic mass is 9.94. The van der Waals surface area contributed by atoms with Crippen molar-refractivity contribution in [3.63, 3.8) is 0 Å². The second kappa shape index (κ2) is 5.17. The van der Waals surface area contributed by atoms with Crippen molar-refractivity contribution in [1.82, 2.24) is 4.90 Å². The van der Waals surface area contributed by atoms with Crippen LogP contribution in [0, 0.1) is 5.92 Å². The maximum Gasteiger partial charge on any atom is 0.407 e. The van der Waals surface area contributed by atoms with E-state index in [0.29, 0.717) is 32.2 Å². The van der Waals surface area contributed by atoms with Crippen LogP contribution in [0.25, 0.3) is 0 Å². The van der Waals surface area contributed by atoms with Gasteiger partial charge in [0.1, 0.15) is 0 Å². The third kappa shape index (κ3) is 2.59. The van der Waals surface area contributed by atoms with E-state index in [-0.39, 0.29) is 6.10 Å². The van der Waals surface area contributed by atoms with Gasteiger partial charge in [0.05, 0.1) is 12.6 Å². The van der Waals surface area contributed by atoms with E-state index in [4.69, 9.17) is 15.6 Å². The van der Waals surface area contributed by atoms with Crippen LogP contribution in [0.15, 0.2) is 0 Å². The highest BCUT2D eigenvalue weighted by Gasteiger charge is 2.30. The van der Waals surface area contributed by atoms with Crippen molar-refractivity contribution in [2.75, 3.05) is 26.2 Å². The van der Waals surface area contributed by atoms with Gasteiger partial charge in [0.15, 0.2) is 0 Å². The van der Waals surface area contributed by atoms with E-state index in [2.05, 4.69) is 0 Å². The standard InChI is InChI=1S/C9H18N2O3/c1-2-14-8-6-11(9(12)13)4-3-7(8)5-10/h7-8H,2-6,10H2,1H3,(H,12,13)/t7-,8+/m0/s1. The van der Waals surface area contributed by atoms with E-state index >= 15 is 0 Å². The van der Waals surface area contributed by atoms with Crippen LogP contribution >= 0.6 is 0 Å². The third-order valence-electron chi connectivity index (χ3n) is 2.65. The maximum atomic E-state index is 10.7. The second-order valence-electron chi connectivity index (χ2n) is 3.51. The van der Waals surface area contributed by atoms with Crippen molar-refractivity contribution >= 4 is 6.09 Å². The molecule has 0 unspecified atom stereocenters. The average Bonchev–Trinajstić information content (AvgIpc) is 2.18. The van der Waals surface area contributed by atoms with Crippen LogP contribution in [0.5, 0.6) is 0 Å². The van der Waals surface area contributed by atoms with E-state index in [1.165, 1.54) is 4.90 Å². The van der Waals surface area contributed by atoms with Gasteiger partial charge in [0.2, 0.25) is 0 Å². The number of rotatable bonds is 3. The molecule has 5 heteroatoms. The molecule has 5 nitrogen and oxygen atoms in total. The predicted octanol–water partition coefficient (Wildman–Crippen LogP) is 0.350. The highest BCUT2D eigenvalue weighted by Crippen LogP contribution is 2.19. The molecule has 1 saturated heterocycles. The molecule has 14 heavy (non-hydrogen) atoms. The molecule has 1 rings (SSSR count). The summed E-state index contributed by atoms with van der Waals surface area (Å²) >= 11 is 0. The highest BCUT2D eigenvalue weighted by molar-refractivity contribution is 5.65. The van der Waals surface area contributed by atoms with Crippen molar-refractivity contribution in [3.05, 3.63) is 0 Å². The third-order valence-corrected chi connectivity index (χ3v) is 2.65. The molecule has 3 N–H and O–H groups in total. The van der Waals surface area contributed by atoms with Gasteiger partial charge in [0.25, 0.3) is 0 Å². The number of nitrogens with zero attached hydrogens (tertiary/aromatic N) is 1. The zero-order valence-electron chi connectivity index (χ0n) is 8.48. The smallest absolute Gasteiger partial charge is 0.407 e. The molecule has 1 aliphatic heterocycles. The lowest BCUT2D eigenvalue weighted by molar-refractivity contribution is -0.0249. The molecule has 0 radical (unpaired) electrons. The van der Waals surface area contributed by atoms with Crippen molar-refractivity contribution in [3.8, 4) is 0 Å². The summed E-state index contributed by atoms with van der Waals surface area (Å²) in [4.78, 5) is 12.1. The van der Waals surface area contributed by atoms with Gasteiger partial charge in [-0.25, -0.2) is 4.79 Å². The Hall–Kier alpha value is -0.810. The largest absolute Gasteiger partial charge is 0.465 e. The molecule has 1 amide bonds. The normalized spacial score (nSPS) is 27.7. The molecule has 0 aromatic carbocycles. The van der Waals surface area contributed by atoms with Crippen molar-refractivity contribution in [2.45, 2.75) is 19.4 Å². The van der Waals surface area contributed by atoms with Gasteiger partial charge in [0, 0.05) is 19.1 Å². The van der Waals surface area contributed by atoms with Crippen molar-refractivity contribution in [2.24, 2.45) is 11.7 Å².